The molecule has 0 spiro atoms. The van der Waals surface area contributed by atoms with Gasteiger partial charge in [-0.2, -0.15) is 0 Å². The van der Waals surface area contributed by atoms with E-state index in [9.17, 15) is 0 Å². The Labute approximate surface area is 94.1 Å². The first-order valence-corrected chi connectivity index (χ1v) is 5.08. The molecule has 0 radical (unpaired) electrons. The molecule has 0 amide bonds. The lowest BCUT2D eigenvalue weighted by Crippen LogP contribution is -2.04. The van der Waals surface area contributed by atoms with E-state index in [1.54, 1.807) is 24.7 Å². The Balaban J connectivity index is 1.87. The van der Waals surface area contributed by atoms with Crippen LogP contribution in [0.25, 0.3) is 0 Å². The van der Waals surface area contributed by atoms with Crippen molar-refractivity contribution in [2.75, 3.05) is 12.3 Å². The molecule has 0 atom stereocenters. The Kier molecular flexibility index (Phi) is 3.33. The zero-order chi connectivity index (χ0) is 11.2. The van der Waals surface area contributed by atoms with E-state index >= 15 is 0 Å². The van der Waals surface area contributed by atoms with Crippen molar-refractivity contribution in [3.63, 3.8) is 0 Å². The molecule has 0 aromatic carbocycles. The first kappa shape index (κ1) is 10.4. The molecule has 0 fully saturated rings. The Morgan fingerprint density at radius 3 is 2.88 bits per heavy atom. The van der Waals surface area contributed by atoms with Crippen molar-refractivity contribution in [1.82, 2.24) is 9.97 Å². The minimum Gasteiger partial charge on any atom is -0.491 e. The summed E-state index contributed by atoms with van der Waals surface area (Å²) in [4.78, 5) is 8.10. The Morgan fingerprint density at radius 2 is 2.12 bits per heavy atom. The summed E-state index contributed by atoms with van der Waals surface area (Å²) >= 11 is 0. The standard InChI is InChI=1S/C12H13N3O/c13-11-9-14-7-4-12(11)16-8-5-10-3-1-2-6-15-10/h1-4,6-7,9H,5,8,13H2. The third-order valence-corrected chi connectivity index (χ3v) is 2.15. The summed E-state index contributed by atoms with van der Waals surface area (Å²) < 4.78 is 5.54. The van der Waals surface area contributed by atoms with Gasteiger partial charge in [-0.3, -0.25) is 9.97 Å². The average Bonchev–Trinajstić information content (AvgIpc) is 2.33. The van der Waals surface area contributed by atoms with Gasteiger partial charge in [-0.1, -0.05) is 6.07 Å². The molecule has 0 saturated carbocycles. The number of ether oxygens (including phenoxy) is 1. The van der Waals surface area contributed by atoms with Crippen molar-refractivity contribution in [1.29, 1.82) is 0 Å². The summed E-state index contributed by atoms with van der Waals surface area (Å²) in [5.74, 6) is 0.672. The van der Waals surface area contributed by atoms with Crippen molar-refractivity contribution in [3.05, 3.63) is 48.5 Å². The molecule has 0 unspecified atom stereocenters. The zero-order valence-corrected chi connectivity index (χ0v) is 8.84. The van der Waals surface area contributed by atoms with Gasteiger partial charge < -0.3 is 10.5 Å². The smallest absolute Gasteiger partial charge is 0.145 e. The van der Waals surface area contributed by atoms with Crippen LogP contribution in [0.3, 0.4) is 0 Å². The number of rotatable bonds is 4. The third-order valence-electron chi connectivity index (χ3n) is 2.15. The number of hydrogen-bond donors (Lipinski definition) is 1. The molecular formula is C12H13N3O. The van der Waals surface area contributed by atoms with Crippen molar-refractivity contribution >= 4 is 5.69 Å². The van der Waals surface area contributed by atoms with Crippen molar-refractivity contribution in [3.8, 4) is 5.75 Å². The maximum atomic E-state index is 5.70. The molecule has 0 bridgehead atoms. The van der Waals surface area contributed by atoms with Gasteiger partial charge in [0, 0.05) is 30.6 Å². The molecule has 4 nitrogen and oxygen atoms in total. The monoisotopic (exact) mass is 215 g/mol. The van der Waals surface area contributed by atoms with E-state index in [4.69, 9.17) is 10.5 Å². The number of anilines is 1. The molecule has 4 heteroatoms. The van der Waals surface area contributed by atoms with Gasteiger partial charge in [0.1, 0.15) is 5.75 Å². The maximum absolute atomic E-state index is 5.70. The topological polar surface area (TPSA) is 61.0 Å². The highest BCUT2D eigenvalue weighted by Gasteiger charge is 1.99. The first-order valence-electron chi connectivity index (χ1n) is 5.08. The highest BCUT2D eigenvalue weighted by Crippen LogP contribution is 2.18. The van der Waals surface area contributed by atoms with E-state index < -0.39 is 0 Å². The van der Waals surface area contributed by atoms with E-state index in [1.807, 2.05) is 18.2 Å². The summed E-state index contributed by atoms with van der Waals surface area (Å²) in [6.07, 6.45) is 5.78. The summed E-state index contributed by atoms with van der Waals surface area (Å²) in [5, 5.41) is 0. The van der Waals surface area contributed by atoms with Crippen LogP contribution < -0.4 is 10.5 Å². The predicted molar refractivity (Wildman–Crippen MR) is 62.1 cm³/mol. The number of hydrogen-bond acceptors (Lipinski definition) is 4. The molecular weight excluding hydrogens is 202 g/mol. The minimum absolute atomic E-state index is 0.559. The molecule has 2 N–H and O–H groups in total. The van der Waals surface area contributed by atoms with Crippen molar-refractivity contribution in [2.45, 2.75) is 6.42 Å². The molecule has 2 heterocycles. The van der Waals surface area contributed by atoms with Gasteiger partial charge in [0.25, 0.3) is 0 Å². The van der Waals surface area contributed by atoms with Gasteiger partial charge in [0.15, 0.2) is 0 Å². The minimum atomic E-state index is 0.559. The highest BCUT2D eigenvalue weighted by atomic mass is 16.5. The molecule has 16 heavy (non-hydrogen) atoms. The van der Waals surface area contributed by atoms with Crippen LogP contribution >= 0.6 is 0 Å². The fourth-order valence-corrected chi connectivity index (χ4v) is 1.34. The van der Waals surface area contributed by atoms with Crippen LogP contribution in [-0.4, -0.2) is 16.6 Å². The fraction of sp³-hybridized carbons (Fsp3) is 0.167. The van der Waals surface area contributed by atoms with Crippen molar-refractivity contribution < 1.29 is 4.74 Å². The molecule has 0 saturated heterocycles. The maximum Gasteiger partial charge on any atom is 0.145 e. The van der Waals surface area contributed by atoms with Crippen LogP contribution in [-0.2, 0) is 6.42 Å². The molecule has 0 aliphatic rings. The SMILES string of the molecule is Nc1cnccc1OCCc1ccccn1. The first-order chi connectivity index (χ1) is 7.86. The number of pyridine rings is 2. The van der Waals surface area contributed by atoms with Crippen LogP contribution in [0, 0.1) is 0 Å². The van der Waals surface area contributed by atoms with Crippen LogP contribution in [0.1, 0.15) is 5.69 Å². The quantitative estimate of drug-likeness (QED) is 0.842. The lowest BCUT2D eigenvalue weighted by molar-refractivity contribution is 0.322. The van der Waals surface area contributed by atoms with Crippen LogP contribution in [0.4, 0.5) is 5.69 Å². The Hall–Kier alpha value is -2.10. The summed E-state index contributed by atoms with van der Waals surface area (Å²) in [6, 6.07) is 7.58. The molecule has 0 aliphatic heterocycles. The van der Waals surface area contributed by atoms with Gasteiger partial charge in [0.05, 0.1) is 18.5 Å². The highest BCUT2D eigenvalue weighted by molar-refractivity contribution is 5.49. The number of nitrogens with zero attached hydrogens (tertiary/aromatic N) is 2. The number of nitrogen functional groups attached to an aromatic ring is 1. The van der Waals surface area contributed by atoms with Gasteiger partial charge in [-0.15, -0.1) is 0 Å². The summed E-state index contributed by atoms with van der Waals surface area (Å²) in [6.45, 7) is 0.561. The molecule has 0 aliphatic carbocycles. The second-order valence-electron chi connectivity index (χ2n) is 3.33. The van der Waals surface area contributed by atoms with E-state index in [1.165, 1.54) is 0 Å². The van der Waals surface area contributed by atoms with Crippen molar-refractivity contribution in [2.24, 2.45) is 0 Å². The Bertz CT molecular complexity index is 445. The second-order valence-corrected chi connectivity index (χ2v) is 3.33. The molecule has 82 valence electrons. The lowest BCUT2D eigenvalue weighted by atomic mass is 10.3. The normalized spacial score (nSPS) is 10.0. The summed E-state index contributed by atoms with van der Waals surface area (Å²) in [7, 11) is 0. The van der Waals surface area contributed by atoms with E-state index in [-0.39, 0.29) is 0 Å². The van der Waals surface area contributed by atoms with Gasteiger partial charge in [-0.05, 0) is 12.1 Å². The zero-order valence-electron chi connectivity index (χ0n) is 8.84. The fourth-order valence-electron chi connectivity index (χ4n) is 1.34. The summed E-state index contributed by atoms with van der Waals surface area (Å²) in [5.41, 5.74) is 7.27. The predicted octanol–water partition coefficient (Wildman–Crippen LogP) is 1.68. The number of aromatic nitrogens is 2. The molecule has 2 rings (SSSR count). The van der Waals surface area contributed by atoms with E-state index in [0.29, 0.717) is 18.0 Å². The largest absolute Gasteiger partial charge is 0.491 e. The van der Waals surface area contributed by atoms with Gasteiger partial charge in [-0.25, -0.2) is 0 Å². The Morgan fingerprint density at radius 1 is 1.19 bits per heavy atom. The third kappa shape index (κ3) is 2.70. The van der Waals surface area contributed by atoms with Crippen LogP contribution in [0.5, 0.6) is 5.75 Å². The number of nitrogens with two attached hydrogens (primary N) is 1. The van der Waals surface area contributed by atoms with E-state index in [2.05, 4.69) is 9.97 Å². The average molecular weight is 215 g/mol. The lowest BCUT2D eigenvalue weighted by Gasteiger charge is -2.07. The van der Waals surface area contributed by atoms with Crippen LogP contribution in [0.15, 0.2) is 42.9 Å². The van der Waals surface area contributed by atoms with Gasteiger partial charge >= 0.3 is 0 Å². The molecule has 2 aromatic heterocycles. The van der Waals surface area contributed by atoms with Gasteiger partial charge in [0.2, 0.25) is 0 Å². The second kappa shape index (κ2) is 5.11. The molecule has 2 aromatic rings. The van der Waals surface area contributed by atoms with Crippen LogP contribution in [0.2, 0.25) is 0 Å². The van der Waals surface area contributed by atoms with E-state index in [0.717, 1.165) is 12.1 Å².